The lowest BCUT2D eigenvalue weighted by atomic mass is 9.85. The van der Waals surface area contributed by atoms with Gasteiger partial charge in [0.15, 0.2) is 5.82 Å². The van der Waals surface area contributed by atoms with Gasteiger partial charge < -0.3 is 14.5 Å². The maximum absolute atomic E-state index is 14.1. The van der Waals surface area contributed by atoms with Crippen LogP contribution in [0.25, 0.3) is 50.2 Å². The first-order chi connectivity index (χ1) is 27.3. The second-order valence-corrected chi connectivity index (χ2v) is 15.3. The topological polar surface area (TPSA) is 120 Å². The van der Waals surface area contributed by atoms with E-state index in [1.54, 1.807) is 18.6 Å². The number of likely N-dealkylation sites (tertiary alicyclic amines) is 1. The smallest absolute Gasteiger partial charge is 0.237 e. The third kappa shape index (κ3) is 6.94. The first-order valence-corrected chi connectivity index (χ1v) is 19.4. The molecule has 3 aromatic heterocycles. The van der Waals surface area contributed by atoms with Gasteiger partial charge in [0, 0.05) is 73.0 Å². The average molecular weight is 745 g/mol. The molecule has 3 aliphatic heterocycles. The summed E-state index contributed by atoms with van der Waals surface area (Å²) in [4.78, 5) is 46.8. The van der Waals surface area contributed by atoms with E-state index in [4.69, 9.17) is 4.74 Å². The normalized spacial score (nSPS) is 18.7. The van der Waals surface area contributed by atoms with Gasteiger partial charge in [-0.2, -0.15) is 5.10 Å². The number of rotatable bonds is 9. The number of nitrogens with one attached hydrogen (secondary N) is 1. The number of hydrogen-bond acceptors (Lipinski definition) is 8. The molecule has 6 heterocycles. The van der Waals surface area contributed by atoms with Gasteiger partial charge >= 0.3 is 0 Å². The zero-order valence-corrected chi connectivity index (χ0v) is 31.7. The number of carbonyl (C=O) groups is 2. The third-order valence-corrected chi connectivity index (χ3v) is 11.4. The Morgan fingerprint density at radius 1 is 0.839 bits per heavy atom. The molecule has 1 atom stereocenters. The summed E-state index contributed by atoms with van der Waals surface area (Å²) < 4.78 is 5.71. The van der Waals surface area contributed by atoms with Crippen molar-refractivity contribution in [2.75, 3.05) is 44.2 Å². The zero-order chi connectivity index (χ0) is 38.2. The number of ether oxygens (including phenoxy) is 1. The van der Waals surface area contributed by atoms with E-state index in [1.165, 1.54) is 11.1 Å². The molecular weight excluding hydrogens is 701 g/mol. The molecule has 0 saturated carbocycles. The second-order valence-electron chi connectivity index (χ2n) is 15.3. The van der Waals surface area contributed by atoms with E-state index in [1.807, 2.05) is 60.0 Å². The lowest BCUT2D eigenvalue weighted by Gasteiger charge is -2.29. The minimum absolute atomic E-state index is 0.0428. The molecule has 2 amide bonds. The van der Waals surface area contributed by atoms with Crippen molar-refractivity contribution in [3.8, 4) is 39.7 Å². The minimum atomic E-state index is -0.468. The molecule has 0 unspecified atom stereocenters. The molecular formula is C45H44N8O3. The van der Waals surface area contributed by atoms with Crippen LogP contribution in [0.5, 0.6) is 5.88 Å². The van der Waals surface area contributed by atoms with Crippen molar-refractivity contribution in [2.45, 2.75) is 39.2 Å². The maximum atomic E-state index is 14.1. The Hall–Kier alpha value is -6.20. The number of carbonyl (C=O) groups excluding carboxylic acids is 2. The predicted molar refractivity (Wildman–Crippen MR) is 218 cm³/mol. The van der Waals surface area contributed by atoms with Crippen LogP contribution >= 0.6 is 0 Å². The van der Waals surface area contributed by atoms with Crippen molar-refractivity contribution in [3.05, 3.63) is 115 Å². The molecule has 9 rings (SSSR count). The molecule has 0 radical (unpaired) electrons. The maximum Gasteiger partial charge on any atom is 0.237 e. The third-order valence-electron chi connectivity index (χ3n) is 11.4. The van der Waals surface area contributed by atoms with Crippen LogP contribution in [0.4, 0.5) is 5.69 Å². The molecule has 0 aliphatic carbocycles. The van der Waals surface area contributed by atoms with Crippen LogP contribution in [0.2, 0.25) is 0 Å². The number of H-pyrrole nitrogens is 1. The van der Waals surface area contributed by atoms with E-state index in [2.05, 4.69) is 84.7 Å². The largest absolute Gasteiger partial charge is 0.475 e. The summed E-state index contributed by atoms with van der Waals surface area (Å²) >= 11 is 0. The van der Waals surface area contributed by atoms with E-state index in [0.29, 0.717) is 38.6 Å². The van der Waals surface area contributed by atoms with Gasteiger partial charge in [-0.3, -0.25) is 19.6 Å². The van der Waals surface area contributed by atoms with Gasteiger partial charge in [-0.25, -0.2) is 15.0 Å². The summed E-state index contributed by atoms with van der Waals surface area (Å²) in [5.74, 6) is 1.55. The first kappa shape index (κ1) is 35.5. The molecule has 56 heavy (non-hydrogen) atoms. The van der Waals surface area contributed by atoms with Crippen molar-refractivity contribution < 1.29 is 14.3 Å². The fourth-order valence-electron chi connectivity index (χ4n) is 8.35. The number of anilines is 1. The minimum Gasteiger partial charge on any atom is -0.475 e. The summed E-state index contributed by atoms with van der Waals surface area (Å²) in [7, 11) is 0. The van der Waals surface area contributed by atoms with Crippen LogP contribution in [0.15, 0.2) is 110 Å². The number of aromatic nitrogens is 5. The van der Waals surface area contributed by atoms with Crippen molar-refractivity contribution in [2.24, 2.45) is 5.41 Å². The van der Waals surface area contributed by atoms with Gasteiger partial charge in [-0.05, 0) is 92.2 Å². The Labute approximate surface area is 326 Å². The summed E-state index contributed by atoms with van der Waals surface area (Å²) in [6.07, 6.45) is 9.85. The number of amides is 2. The van der Waals surface area contributed by atoms with E-state index >= 15 is 0 Å². The standard InChI is InChI=1S/C45H44N8O3/c1-30(2)56-40-15-12-36(27-48-40)42-38-26-37(13-14-39(38)49-50-42)53-25-19-45(44(53)55)18-24-51(29-45)28-41(54)52-22-16-34(17-23-52)33-6-4-31(5-7-33)32-8-10-35(11-9-32)43-46-20-3-21-47-43/h3-16,20-21,26-27,30H,17-19,22-25,28-29H2,1-2H3,(H,49,50)/t45-/m0/s1. The van der Waals surface area contributed by atoms with Crippen LogP contribution in [0.3, 0.4) is 0 Å². The number of hydrogen-bond donors (Lipinski definition) is 1. The highest BCUT2D eigenvalue weighted by atomic mass is 16.5. The van der Waals surface area contributed by atoms with Gasteiger partial charge in [0.2, 0.25) is 17.7 Å². The summed E-state index contributed by atoms with van der Waals surface area (Å²) in [5, 5.41) is 8.63. The fraction of sp³-hybridized carbons (Fsp3) is 0.289. The van der Waals surface area contributed by atoms with Crippen LogP contribution in [-0.4, -0.2) is 92.1 Å². The molecule has 0 bridgehead atoms. The average Bonchev–Trinajstić information content (AvgIpc) is 3.95. The van der Waals surface area contributed by atoms with Crippen LogP contribution in [0, 0.1) is 5.41 Å². The highest BCUT2D eigenvalue weighted by molar-refractivity contribution is 6.03. The van der Waals surface area contributed by atoms with Crippen LogP contribution in [0.1, 0.15) is 38.7 Å². The summed E-state index contributed by atoms with van der Waals surface area (Å²) in [5.41, 5.74) is 8.68. The lowest BCUT2D eigenvalue weighted by molar-refractivity contribution is -0.132. The van der Waals surface area contributed by atoms with Gasteiger partial charge in [0.05, 0.1) is 23.6 Å². The molecule has 2 fully saturated rings. The fourth-order valence-corrected chi connectivity index (χ4v) is 8.35. The molecule has 1 spiro atoms. The Kier molecular flexibility index (Phi) is 9.38. The van der Waals surface area contributed by atoms with E-state index in [9.17, 15) is 9.59 Å². The SMILES string of the molecule is CC(C)Oc1ccc(-c2n[nH]c3ccc(N4CC[C@]5(CCN(CC(=O)N6CC=C(c7ccc(-c8ccc(-c9ncccn9)cc8)cc7)CC6)C5)C4=O)cc23)cn1. The number of nitrogens with zero attached hydrogens (tertiary/aromatic N) is 7. The van der Waals surface area contributed by atoms with E-state index in [0.717, 1.165) is 76.2 Å². The van der Waals surface area contributed by atoms with Crippen molar-refractivity contribution in [3.63, 3.8) is 0 Å². The monoisotopic (exact) mass is 744 g/mol. The van der Waals surface area contributed by atoms with Crippen LogP contribution < -0.4 is 9.64 Å². The van der Waals surface area contributed by atoms with Crippen molar-refractivity contribution >= 4 is 34.0 Å². The van der Waals surface area contributed by atoms with E-state index in [-0.39, 0.29) is 17.9 Å². The molecule has 11 nitrogen and oxygen atoms in total. The molecule has 282 valence electrons. The van der Waals surface area contributed by atoms with Gasteiger partial charge in [0.25, 0.3) is 0 Å². The predicted octanol–water partition coefficient (Wildman–Crippen LogP) is 7.28. The number of fused-ring (bicyclic) bond motifs is 1. The molecule has 11 heteroatoms. The van der Waals surface area contributed by atoms with Crippen molar-refractivity contribution in [1.29, 1.82) is 0 Å². The van der Waals surface area contributed by atoms with E-state index < -0.39 is 5.41 Å². The molecule has 3 aliphatic rings. The summed E-state index contributed by atoms with van der Waals surface area (Å²) in [6, 6.07) is 28.6. The molecule has 1 N–H and O–H groups in total. The Morgan fingerprint density at radius 2 is 1.55 bits per heavy atom. The number of pyridine rings is 1. The number of aromatic amines is 1. The molecule has 6 aromatic rings. The first-order valence-electron chi connectivity index (χ1n) is 19.4. The summed E-state index contributed by atoms with van der Waals surface area (Å²) in [6.45, 7) is 7.55. The van der Waals surface area contributed by atoms with Gasteiger partial charge in [0.1, 0.15) is 5.69 Å². The second kappa shape index (κ2) is 14.8. The Balaban J connectivity index is 0.800. The molecule has 3 aromatic carbocycles. The Morgan fingerprint density at radius 3 is 2.25 bits per heavy atom. The van der Waals surface area contributed by atoms with Gasteiger partial charge in [-0.1, -0.05) is 54.6 Å². The zero-order valence-electron chi connectivity index (χ0n) is 31.7. The number of benzene rings is 3. The molecule has 2 saturated heterocycles. The van der Waals surface area contributed by atoms with Crippen LogP contribution in [-0.2, 0) is 9.59 Å². The lowest BCUT2D eigenvalue weighted by Crippen LogP contribution is -2.43. The van der Waals surface area contributed by atoms with Gasteiger partial charge in [-0.15, -0.1) is 0 Å². The highest BCUT2D eigenvalue weighted by Crippen LogP contribution is 2.43. The Bertz CT molecular complexity index is 2410. The quantitative estimate of drug-likeness (QED) is 0.164. The highest BCUT2D eigenvalue weighted by Gasteiger charge is 2.51. The van der Waals surface area contributed by atoms with Crippen molar-refractivity contribution in [1.82, 2.24) is 34.9 Å².